The van der Waals surface area contributed by atoms with E-state index in [0.717, 1.165) is 50.5 Å². The minimum absolute atomic E-state index is 0.0207. The maximum Gasteiger partial charge on any atom is 0.179 e. The molecule has 0 radical (unpaired) electrons. The van der Waals surface area contributed by atoms with Crippen LogP contribution in [0.1, 0.15) is 45.2 Å². The van der Waals surface area contributed by atoms with E-state index in [1.54, 1.807) is 0 Å². The Kier molecular flexibility index (Phi) is 11.8. The molecule has 0 saturated carbocycles. The van der Waals surface area contributed by atoms with Crippen molar-refractivity contribution in [2.45, 2.75) is 11.8 Å². The number of aromatic nitrogens is 3. The third-order valence-electron chi connectivity index (χ3n) is 19.4. The summed E-state index contributed by atoms with van der Waals surface area (Å²) in [6.45, 7) is 0. The first-order valence-electron chi connectivity index (χ1n) is 31.0. The molecule has 16 aromatic rings. The van der Waals surface area contributed by atoms with Crippen molar-refractivity contribution in [2.24, 2.45) is 0 Å². The molecule has 0 spiro atoms. The summed E-state index contributed by atoms with van der Waals surface area (Å²) < 4.78 is 4.79. The first-order valence-corrected chi connectivity index (χ1v) is 33.0. The van der Waals surface area contributed by atoms with Crippen LogP contribution in [0.4, 0.5) is 0 Å². The second-order valence-electron chi connectivity index (χ2n) is 24.0. The van der Waals surface area contributed by atoms with Crippen LogP contribution in [-0.4, -0.2) is 22.2 Å². The molecule has 0 aliphatic heterocycles. The van der Waals surface area contributed by atoms with Gasteiger partial charge in [-0.2, -0.15) is 0 Å². The molecule has 0 saturated heterocycles. The number of rotatable bonds is 10. The van der Waals surface area contributed by atoms with E-state index in [4.69, 9.17) is 4.98 Å². The Bertz CT molecular complexity index is 5320. The number of para-hydroxylation sites is 4. The Hall–Kier alpha value is -11.2. The molecule has 0 fully saturated rings. The highest BCUT2D eigenvalue weighted by atomic mass is 28.3. The van der Waals surface area contributed by atoms with Gasteiger partial charge in [-0.15, -0.1) is 0 Å². The van der Waals surface area contributed by atoms with Crippen LogP contribution in [0.5, 0.6) is 0 Å². The lowest BCUT2D eigenvalue weighted by Crippen LogP contribution is -2.75. The van der Waals surface area contributed by atoms with Crippen LogP contribution in [0.15, 0.2) is 334 Å². The maximum absolute atomic E-state index is 5.88. The smallest absolute Gasteiger partial charge is 0.179 e. The SMILES string of the molecule is c1ccc(-c2cccc([Si](c3ccccc3)(c3ccccc3)c3cccc4c3C3c5ccccc5C4c4cccc(-c5ccccc5-c5cc(-c6cccc(-n7c8ccccc8c8ccccc87)c6)cc(-n6c7ccccc7c7ccccc76)n5)c43)c2)cc1. The summed E-state index contributed by atoms with van der Waals surface area (Å²) in [4.78, 5) is 5.88. The molecule has 3 aliphatic rings. The van der Waals surface area contributed by atoms with Gasteiger partial charge in [0, 0.05) is 44.6 Å². The third-order valence-corrected chi connectivity index (χ3v) is 24.3. The standard InChI is InChI=1S/C85H57N3Si/c1-4-26-56(27-5-1)58-29-23-35-63(53-58)89(61-31-6-2-7-32-61,62-33-8-3-9-34-62)80-51-25-46-74-82-71-42-12-13-43-72(71)85(84(74)80)83-70(44-24-45-73(82)83)64-36-10-11-37-65(64)75-54-59(55-81(86-75)88-78-49-20-16-40-68(78)69-41-17-21-50-79(69)88)57-28-22-30-60(52-57)87-76-47-18-14-38-66(76)67-39-15-19-48-77(67)87/h1-55,82,85H. The first kappa shape index (κ1) is 51.1. The Morgan fingerprint density at radius 2 is 0.708 bits per heavy atom. The lowest BCUT2D eigenvalue weighted by molar-refractivity contribution is 0.760. The molecular weight excluding hydrogens is 1090 g/mol. The van der Waals surface area contributed by atoms with Crippen LogP contribution in [0, 0.1) is 0 Å². The van der Waals surface area contributed by atoms with E-state index in [0.29, 0.717) is 0 Å². The predicted octanol–water partition coefficient (Wildman–Crippen LogP) is 18.3. The van der Waals surface area contributed by atoms with Crippen molar-refractivity contribution < 1.29 is 0 Å². The topological polar surface area (TPSA) is 22.8 Å². The molecule has 3 aliphatic carbocycles. The Morgan fingerprint density at radius 1 is 0.270 bits per heavy atom. The minimum Gasteiger partial charge on any atom is -0.309 e. The van der Waals surface area contributed by atoms with Crippen molar-refractivity contribution in [2.75, 3.05) is 0 Å². The highest BCUT2D eigenvalue weighted by Gasteiger charge is 2.50. The minimum atomic E-state index is -3.16. The van der Waals surface area contributed by atoms with Gasteiger partial charge in [0.05, 0.1) is 27.8 Å². The average molecular weight is 1150 g/mol. The fraction of sp³-hybridized carbons (Fsp3) is 0.0235. The molecule has 4 heteroatoms. The fourth-order valence-corrected chi connectivity index (χ4v) is 20.9. The van der Waals surface area contributed by atoms with Crippen LogP contribution < -0.4 is 20.7 Å². The van der Waals surface area contributed by atoms with Crippen molar-refractivity contribution >= 4 is 72.4 Å². The van der Waals surface area contributed by atoms with Crippen molar-refractivity contribution in [3.05, 3.63) is 367 Å². The van der Waals surface area contributed by atoms with Gasteiger partial charge in [0.25, 0.3) is 0 Å². The normalized spacial score (nSPS) is 14.1. The second kappa shape index (κ2) is 20.5. The fourth-order valence-electron chi connectivity index (χ4n) is 15.8. The number of fused-ring (bicyclic) bond motifs is 6. The number of hydrogen-bond acceptors (Lipinski definition) is 1. The van der Waals surface area contributed by atoms with Crippen LogP contribution in [0.2, 0.25) is 0 Å². The van der Waals surface area contributed by atoms with Crippen LogP contribution >= 0.6 is 0 Å². The zero-order chi connectivity index (χ0) is 58.6. The average Bonchev–Trinajstić information content (AvgIpc) is 1.42. The van der Waals surface area contributed by atoms with Gasteiger partial charge in [-0.1, -0.05) is 285 Å². The number of hydrogen-bond donors (Lipinski definition) is 0. The van der Waals surface area contributed by atoms with Gasteiger partial charge in [0.1, 0.15) is 5.82 Å². The van der Waals surface area contributed by atoms with Gasteiger partial charge in [-0.05, 0) is 136 Å². The molecule has 0 amide bonds. The molecule has 2 unspecified atom stereocenters. The predicted molar refractivity (Wildman–Crippen MR) is 373 cm³/mol. The molecule has 3 nitrogen and oxygen atoms in total. The third kappa shape index (κ3) is 7.80. The summed E-state index contributed by atoms with van der Waals surface area (Å²) in [7, 11) is -3.16. The van der Waals surface area contributed by atoms with E-state index >= 15 is 0 Å². The van der Waals surface area contributed by atoms with E-state index in [1.807, 2.05) is 0 Å². The quantitative estimate of drug-likeness (QED) is 0.0988. The van der Waals surface area contributed by atoms with Crippen molar-refractivity contribution in [3.63, 3.8) is 0 Å². The molecule has 0 N–H and O–H groups in total. The largest absolute Gasteiger partial charge is 0.309 e. The summed E-state index contributed by atoms with van der Waals surface area (Å²) in [5, 5.41) is 10.4. The van der Waals surface area contributed by atoms with Crippen molar-refractivity contribution in [3.8, 4) is 56.1 Å². The van der Waals surface area contributed by atoms with E-state index < -0.39 is 8.07 Å². The molecule has 3 aromatic heterocycles. The zero-order valence-electron chi connectivity index (χ0n) is 48.8. The molecule has 416 valence electrons. The summed E-state index contributed by atoms with van der Waals surface area (Å²) in [6, 6.07) is 125. The molecule has 89 heavy (non-hydrogen) atoms. The molecular formula is C85H57N3Si. The van der Waals surface area contributed by atoms with Gasteiger partial charge < -0.3 is 4.57 Å². The summed E-state index contributed by atoms with van der Waals surface area (Å²) >= 11 is 0. The summed E-state index contributed by atoms with van der Waals surface area (Å²) in [6.07, 6.45) is 0. The van der Waals surface area contributed by atoms with Gasteiger partial charge in [-0.3, -0.25) is 4.57 Å². The number of pyridine rings is 1. The van der Waals surface area contributed by atoms with Crippen LogP contribution in [-0.2, 0) is 0 Å². The second-order valence-corrected chi connectivity index (χ2v) is 27.7. The number of benzene rings is 13. The van der Waals surface area contributed by atoms with E-state index in [-0.39, 0.29) is 11.8 Å². The van der Waals surface area contributed by atoms with Crippen molar-refractivity contribution in [1.29, 1.82) is 0 Å². The highest BCUT2D eigenvalue weighted by Crippen LogP contribution is 2.58. The number of nitrogens with zero attached hydrogens (tertiary/aromatic N) is 3. The Labute approximate surface area is 518 Å². The lowest BCUT2D eigenvalue weighted by Gasteiger charge is -2.47. The van der Waals surface area contributed by atoms with Crippen molar-refractivity contribution in [1.82, 2.24) is 14.1 Å². The Balaban J connectivity index is 0.876. The van der Waals surface area contributed by atoms with E-state index in [9.17, 15) is 0 Å². The van der Waals surface area contributed by atoms with Gasteiger partial charge in [0.15, 0.2) is 8.07 Å². The highest BCUT2D eigenvalue weighted by molar-refractivity contribution is 7.20. The molecule has 19 rings (SSSR count). The molecule has 2 atom stereocenters. The van der Waals surface area contributed by atoms with E-state index in [1.165, 1.54) is 103 Å². The van der Waals surface area contributed by atoms with Crippen LogP contribution in [0.25, 0.3) is 99.8 Å². The monoisotopic (exact) mass is 1150 g/mol. The van der Waals surface area contributed by atoms with Gasteiger partial charge in [0.2, 0.25) is 0 Å². The zero-order valence-corrected chi connectivity index (χ0v) is 49.8. The molecule has 3 heterocycles. The lowest BCUT2D eigenvalue weighted by atomic mass is 9.60. The van der Waals surface area contributed by atoms with Gasteiger partial charge in [-0.25, -0.2) is 4.98 Å². The summed E-state index contributed by atoms with van der Waals surface area (Å²) in [5.41, 5.74) is 23.1. The maximum atomic E-state index is 5.88. The molecule has 2 bridgehead atoms. The van der Waals surface area contributed by atoms with Gasteiger partial charge >= 0.3 is 0 Å². The van der Waals surface area contributed by atoms with E-state index in [2.05, 4.69) is 343 Å². The van der Waals surface area contributed by atoms with Crippen LogP contribution in [0.3, 0.4) is 0 Å². The molecule has 13 aromatic carbocycles. The summed E-state index contributed by atoms with van der Waals surface area (Å²) in [5.74, 6) is 0.815. The Morgan fingerprint density at radius 3 is 1.34 bits per heavy atom. The first-order chi connectivity index (χ1) is 44.2.